The van der Waals surface area contributed by atoms with E-state index in [4.69, 9.17) is 5.41 Å². The summed E-state index contributed by atoms with van der Waals surface area (Å²) in [7, 11) is 0. The van der Waals surface area contributed by atoms with Gasteiger partial charge in [0.25, 0.3) is 0 Å². The van der Waals surface area contributed by atoms with Gasteiger partial charge in [0.2, 0.25) is 0 Å². The van der Waals surface area contributed by atoms with Crippen molar-refractivity contribution < 1.29 is 0 Å². The molecule has 0 aromatic carbocycles. The zero-order valence-corrected chi connectivity index (χ0v) is 3.18. The van der Waals surface area contributed by atoms with Gasteiger partial charge in [-0.2, -0.15) is 5.41 Å². The van der Waals surface area contributed by atoms with Crippen LogP contribution in [0.1, 0.15) is 6.92 Å². The van der Waals surface area contributed by atoms with Gasteiger partial charge in [-0.05, 0) is 13.0 Å². The van der Waals surface area contributed by atoms with Gasteiger partial charge in [-0.3, -0.25) is 0 Å². The summed E-state index contributed by atoms with van der Waals surface area (Å²) in [5.41, 5.74) is 0. The molecule has 0 aliphatic rings. The molecule has 1 nitrogen and oxygen atoms in total. The minimum atomic E-state index is 1.00. The number of nitrogens with zero attached hydrogens (tertiary/aromatic N) is 1. The average Bonchev–Trinajstić information content (AvgIpc) is 1.41. The molecule has 0 unspecified atom stereocenters. The lowest BCUT2D eigenvalue weighted by molar-refractivity contribution is 1.76. The van der Waals surface area contributed by atoms with Gasteiger partial charge in [-0.15, -0.1) is 0 Å². The van der Waals surface area contributed by atoms with E-state index in [0.717, 1.165) is 6.21 Å². The Bertz CT molecular complexity index is 45.6. The zero-order valence-electron chi connectivity index (χ0n) is 3.18. The molecular weight excluding hydrogens is 62.1 g/mol. The van der Waals surface area contributed by atoms with Crippen LogP contribution in [0.5, 0.6) is 0 Å². The predicted octanol–water partition coefficient (Wildman–Crippen LogP) is 0.433. The molecular formula is C4H6N. The first kappa shape index (κ1) is 4.41. The lowest BCUT2D eigenvalue weighted by atomic mass is 10.6. The van der Waals surface area contributed by atoms with Crippen LogP contribution in [-0.2, 0) is 0 Å². The van der Waals surface area contributed by atoms with Gasteiger partial charge in [0.1, 0.15) is 0 Å². The largest absolute Gasteiger partial charge is 0.159 e. The number of hydrogen-bond donors (Lipinski definition) is 0. The third-order valence-corrected chi connectivity index (χ3v) is 0.279. The Kier molecular flexibility index (Phi) is 3.01. The summed E-state index contributed by atoms with van der Waals surface area (Å²) < 4.78 is 0. The Balaban J connectivity index is 2.92. The molecule has 0 aliphatic carbocycles. The predicted molar refractivity (Wildman–Crippen MR) is 23.0 cm³/mol. The molecule has 0 saturated heterocycles. The van der Waals surface area contributed by atoms with Crippen LogP contribution in [-0.4, -0.2) is 6.21 Å². The van der Waals surface area contributed by atoms with E-state index in [1.54, 1.807) is 12.2 Å². The van der Waals surface area contributed by atoms with Crippen LogP contribution in [0.3, 0.4) is 0 Å². The van der Waals surface area contributed by atoms with E-state index >= 15 is 0 Å². The number of rotatable bonds is 1. The Morgan fingerprint density at radius 1 is 1.60 bits per heavy atom. The monoisotopic (exact) mass is 68.1 g/mol. The summed E-state index contributed by atoms with van der Waals surface area (Å²) in [5, 5.41) is 7.85. The van der Waals surface area contributed by atoms with Crippen molar-refractivity contribution in [2.75, 3.05) is 0 Å². The second kappa shape index (κ2) is 3.41. The van der Waals surface area contributed by atoms with E-state index in [9.17, 15) is 0 Å². The maximum Gasteiger partial charge on any atom is 0.0492 e. The van der Waals surface area contributed by atoms with Crippen LogP contribution in [0.2, 0.25) is 0 Å². The highest BCUT2D eigenvalue weighted by molar-refractivity contribution is 5.68. The molecule has 0 rings (SSSR count). The van der Waals surface area contributed by atoms with Gasteiger partial charge >= 0.3 is 0 Å². The van der Waals surface area contributed by atoms with Crippen molar-refractivity contribution in [2.24, 2.45) is 0 Å². The van der Waals surface area contributed by atoms with Crippen molar-refractivity contribution in [1.29, 1.82) is 0 Å². The van der Waals surface area contributed by atoms with Gasteiger partial charge in [-0.25, -0.2) is 0 Å². The molecule has 0 bridgehead atoms. The highest BCUT2D eigenvalue weighted by Crippen LogP contribution is 1.54. The van der Waals surface area contributed by atoms with Gasteiger partial charge in [0, 0.05) is 6.21 Å². The lowest BCUT2D eigenvalue weighted by Crippen LogP contribution is -1.55. The van der Waals surface area contributed by atoms with Crippen molar-refractivity contribution in [2.45, 2.75) is 6.92 Å². The molecule has 0 amide bonds. The Hall–Kier alpha value is -0.590. The summed E-state index contributed by atoms with van der Waals surface area (Å²) in [6.07, 6.45) is 4.31. The SMILES string of the molecule is C/C=C/C=[N]. The number of allylic oxidation sites excluding steroid dienone is 2. The molecule has 0 heterocycles. The highest BCUT2D eigenvalue weighted by Gasteiger charge is 1.45. The summed E-state index contributed by atoms with van der Waals surface area (Å²) in [4.78, 5) is 0. The maximum atomic E-state index is 7.85. The molecule has 1 heteroatoms. The third-order valence-electron chi connectivity index (χ3n) is 0.279. The van der Waals surface area contributed by atoms with Crippen molar-refractivity contribution in [3.8, 4) is 0 Å². The van der Waals surface area contributed by atoms with Crippen molar-refractivity contribution in [1.82, 2.24) is 5.41 Å². The van der Waals surface area contributed by atoms with Crippen molar-refractivity contribution >= 4 is 6.21 Å². The van der Waals surface area contributed by atoms with Crippen LogP contribution in [0.25, 0.3) is 0 Å². The molecule has 0 aromatic rings. The smallest absolute Gasteiger partial charge is 0.0492 e. The quantitative estimate of drug-likeness (QED) is 0.398. The zero-order chi connectivity index (χ0) is 4.12. The molecule has 5 heavy (non-hydrogen) atoms. The molecule has 0 fully saturated rings. The standard InChI is InChI=1S/C4H6N/c1-2-3-4-5/h2-4H,1H3/b3-2+. The summed E-state index contributed by atoms with van der Waals surface area (Å²) in [6, 6.07) is 0. The van der Waals surface area contributed by atoms with Crippen LogP contribution in [0, 0.1) is 0 Å². The normalized spacial score (nSPS) is 9.00. The summed E-state index contributed by atoms with van der Waals surface area (Å²) in [6.45, 7) is 1.84. The molecule has 1 radical (unpaired) electrons. The van der Waals surface area contributed by atoms with Crippen LogP contribution >= 0.6 is 0 Å². The highest BCUT2D eigenvalue weighted by atomic mass is 14.3. The number of hydrogen-bond acceptors (Lipinski definition) is 0. The fourth-order valence-corrected chi connectivity index (χ4v) is 0.0861. The first-order chi connectivity index (χ1) is 2.41. The summed E-state index contributed by atoms with van der Waals surface area (Å²) in [5.74, 6) is 0. The van der Waals surface area contributed by atoms with Gasteiger partial charge < -0.3 is 0 Å². The van der Waals surface area contributed by atoms with Gasteiger partial charge in [0.15, 0.2) is 0 Å². The minimum absolute atomic E-state index is 1.00. The third kappa shape index (κ3) is 3.41. The molecule has 0 aliphatic heterocycles. The fraction of sp³-hybridized carbons (Fsp3) is 0.250. The Morgan fingerprint density at radius 2 is 2.20 bits per heavy atom. The van der Waals surface area contributed by atoms with E-state index < -0.39 is 0 Å². The minimum Gasteiger partial charge on any atom is -0.159 e. The van der Waals surface area contributed by atoms with E-state index in [1.165, 1.54) is 0 Å². The lowest BCUT2D eigenvalue weighted by Gasteiger charge is -1.53. The van der Waals surface area contributed by atoms with E-state index in [0.29, 0.717) is 0 Å². The van der Waals surface area contributed by atoms with Gasteiger partial charge in [0.05, 0.1) is 0 Å². The van der Waals surface area contributed by atoms with Gasteiger partial charge in [-0.1, -0.05) is 6.08 Å². The van der Waals surface area contributed by atoms with E-state index in [1.807, 2.05) is 6.92 Å². The molecule has 0 aromatic heterocycles. The second-order valence-electron chi connectivity index (χ2n) is 0.675. The molecule has 0 saturated carbocycles. The summed E-state index contributed by atoms with van der Waals surface area (Å²) >= 11 is 0. The van der Waals surface area contributed by atoms with Crippen molar-refractivity contribution in [3.05, 3.63) is 12.2 Å². The van der Waals surface area contributed by atoms with E-state index in [2.05, 4.69) is 0 Å². The molecule has 27 valence electrons. The maximum absolute atomic E-state index is 7.85. The second-order valence-corrected chi connectivity index (χ2v) is 0.675. The fourth-order valence-electron chi connectivity index (χ4n) is 0.0861. The van der Waals surface area contributed by atoms with Crippen LogP contribution in [0.15, 0.2) is 12.2 Å². The van der Waals surface area contributed by atoms with Crippen LogP contribution < -0.4 is 5.41 Å². The first-order valence-electron chi connectivity index (χ1n) is 1.50. The topological polar surface area (TPSA) is 22.3 Å². The van der Waals surface area contributed by atoms with Crippen molar-refractivity contribution in [3.63, 3.8) is 0 Å². The van der Waals surface area contributed by atoms with E-state index in [-0.39, 0.29) is 0 Å². The Labute approximate surface area is 31.8 Å². The average molecular weight is 68.1 g/mol. The molecule has 0 atom stereocenters. The first-order valence-corrected chi connectivity index (χ1v) is 1.50. The Morgan fingerprint density at radius 3 is 2.20 bits per heavy atom. The van der Waals surface area contributed by atoms with Crippen LogP contribution in [0.4, 0.5) is 0 Å². The molecule has 0 spiro atoms. The molecule has 0 N–H and O–H groups in total.